The number of aliphatic hydroxyl groups is 1. The van der Waals surface area contributed by atoms with E-state index in [1.54, 1.807) is 0 Å². The Labute approximate surface area is 449 Å². The van der Waals surface area contributed by atoms with E-state index in [1.165, 1.54) is 250 Å². The van der Waals surface area contributed by atoms with Crippen LogP contribution in [0.15, 0.2) is 24.3 Å². The second-order valence-electron chi connectivity index (χ2n) is 23.1. The Balaban J connectivity index is 4.08. The molecule has 72 heavy (non-hydrogen) atoms. The zero-order chi connectivity index (χ0) is 52.7. The summed E-state index contributed by atoms with van der Waals surface area (Å²) in [4.78, 5) is 23.4. The van der Waals surface area contributed by atoms with E-state index < -0.39 is 20.0 Å². The molecule has 0 aromatic carbocycles. The molecule has 0 aromatic heterocycles. The zero-order valence-electron chi connectivity index (χ0n) is 48.9. The minimum atomic E-state index is -4.32. The number of nitrogens with zero attached hydrogens (tertiary/aromatic N) is 1. The molecule has 0 bridgehead atoms. The Morgan fingerprint density at radius 1 is 0.472 bits per heavy atom. The number of aliphatic hydroxyl groups excluding tert-OH is 1. The molecule has 3 atom stereocenters. The molecule has 428 valence electrons. The van der Waals surface area contributed by atoms with E-state index in [9.17, 15) is 19.4 Å². The van der Waals surface area contributed by atoms with Crippen LogP contribution in [-0.4, -0.2) is 73.4 Å². The van der Waals surface area contributed by atoms with Gasteiger partial charge in [-0.3, -0.25) is 13.8 Å². The van der Waals surface area contributed by atoms with Gasteiger partial charge in [0.2, 0.25) is 5.91 Å². The van der Waals surface area contributed by atoms with E-state index in [4.69, 9.17) is 9.05 Å². The number of likely N-dealkylation sites (N-methyl/N-ethyl adjacent to an activating group) is 1. The number of allylic oxidation sites excluding steroid dienone is 4. The number of nitrogens with one attached hydrogen (secondary N) is 1. The minimum Gasteiger partial charge on any atom is -0.391 e. The van der Waals surface area contributed by atoms with Crippen molar-refractivity contribution in [2.45, 2.75) is 334 Å². The second kappa shape index (κ2) is 54.8. The summed E-state index contributed by atoms with van der Waals surface area (Å²) in [6, 6.07) is -0.760. The van der Waals surface area contributed by atoms with Crippen molar-refractivity contribution in [3.05, 3.63) is 24.3 Å². The number of carbonyl (C=O) groups excluding carboxylic acids is 1. The van der Waals surface area contributed by atoms with Gasteiger partial charge in [0.25, 0.3) is 0 Å². The Kier molecular flexibility index (Phi) is 54.0. The normalized spacial score (nSPS) is 13.9. The Morgan fingerprint density at radius 3 is 1.14 bits per heavy atom. The molecule has 0 aromatic rings. The zero-order valence-corrected chi connectivity index (χ0v) is 49.8. The number of hydrogen-bond donors (Lipinski definition) is 3. The largest absolute Gasteiger partial charge is 0.472 e. The van der Waals surface area contributed by atoms with Crippen molar-refractivity contribution in [1.82, 2.24) is 5.32 Å². The summed E-state index contributed by atoms with van der Waals surface area (Å²) in [5.41, 5.74) is 0. The molecular weight excluding hydrogens is 912 g/mol. The molecule has 0 aliphatic rings. The summed E-state index contributed by atoms with van der Waals surface area (Å²) < 4.78 is 23.8. The predicted molar refractivity (Wildman–Crippen MR) is 314 cm³/mol. The van der Waals surface area contributed by atoms with Gasteiger partial charge < -0.3 is 19.8 Å². The van der Waals surface area contributed by atoms with E-state index in [0.29, 0.717) is 23.9 Å². The number of quaternary nitrogens is 1. The second-order valence-corrected chi connectivity index (χ2v) is 24.6. The monoisotopic (exact) mass is 1040 g/mol. The fourth-order valence-corrected chi connectivity index (χ4v) is 10.5. The summed E-state index contributed by atoms with van der Waals surface area (Å²) in [7, 11) is 1.63. The number of carbonyl (C=O) groups is 1. The van der Waals surface area contributed by atoms with Crippen LogP contribution in [0.2, 0.25) is 0 Å². The number of phosphoric ester groups is 1. The number of unbranched alkanes of at least 4 members (excludes halogenated alkanes) is 42. The number of amides is 1. The molecule has 0 saturated heterocycles. The smallest absolute Gasteiger partial charge is 0.391 e. The third kappa shape index (κ3) is 56.7. The lowest BCUT2D eigenvalue weighted by Crippen LogP contribution is -2.46. The third-order valence-corrected chi connectivity index (χ3v) is 15.7. The van der Waals surface area contributed by atoms with Gasteiger partial charge in [-0.25, -0.2) is 4.57 Å². The molecule has 0 saturated carbocycles. The fourth-order valence-electron chi connectivity index (χ4n) is 9.73. The molecular formula is C63H126N2O6P+. The lowest BCUT2D eigenvalue weighted by atomic mass is 10.0. The van der Waals surface area contributed by atoms with Gasteiger partial charge in [0, 0.05) is 6.42 Å². The van der Waals surface area contributed by atoms with Crippen LogP contribution in [0.3, 0.4) is 0 Å². The van der Waals surface area contributed by atoms with Gasteiger partial charge in [-0.1, -0.05) is 295 Å². The summed E-state index contributed by atoms with van der Waals surface area (Å²) in [6.45, 7) is 4.93. The molecule has 0 heterocycles. The average Bonchev–Trinajstić information content (AvgIpc) is 3.34. The maximum atomic E-state index is 13.0. The minimum absolute atomic E-state index is 0.0768. The summed E-state index contributed by atoms with van der Waals surface area (Å²) >= 11 is 0. The van der Waals surface area contributed by atoms with Crippen molar-refractivity contribution in [1.29, 1.82) is 0 Å². The van der Waals surface area contributed by atoms with Gasteiger partial charge in [0.05, 0.1) is 39.9 Å². The molecule has 0 radical (unpaired) electrons. The molecule has 9 heteroatoms. The van der Waals surface area contributed by atoms with Gasteiger partial charge in [-0.15, -0.1) is 0 Å². The Morgan fingerprint density at radius 2 is 0.792 bits per heavy atom. The van der Waals surface area contributed by atoms with Crippen LogP contribution in [-0.2, 0) is 18.4 Å². The number of hydrogen-bond acceptors (Lipinski definition) is 5. The van der Waals surface area contributed by atoms with Crippen LogP contribution in [0.4, 0.5) is 0 Å². The van der Waals surface area contributed by atoms with Crippen LogP contribution >= 0.6 is 7.82 Å². The standard InChI is InChI=1S/C63H125N2O6P/c1-6-8-10-12-14-16-18-20-22-24-26-28-30-31-32-33-35-37-39-41-43-45-47-49-51-53-55-57-63(67)64-61(60-71-72(68,69)70-59-58-65(3,4)5)62(66)56-54-52-50-48-46-44-42-40-38-36-34-29-27-25-23-21-19-17-15-13-11-9-7-2/h18,20,24,26,61-62,66H,6-17,19,21-23,25,27-60H2,1-5H3,(H-,64,67,68,69)/p+1/b20-18-,26-24-. The van der Waals surface area contributed by atoms with Gasteiger partial charge in [0.1, 0.15) is 13.2 Å². The van der Waals surface area contributed by atoms with Crippen molar-refractivity contribution < 1.29 is 32.9 Å². The summed E-state index contributed by atoms with van der Waals surface area (Å²) in [6.07, 6.45) is 69.6. The maximum absolute atomic E-state index is 13.0. The average molecular weight is 1040 g/mol. The first-order valence-corrected chi connectivity index (χ1v) is 33.2. The molecule has 3 N–H and O–H groups in total. The molecule has 0 spiro atoms. The SMILES string of the molecule is CCCCCCC/C=C\C/C=C\CCCCCCCCCCCCCCCCCC(=O)NC(COP(=O)(O)OCC[N+](C)(C)C)C(O)CCCCCCCCCCCCCCCCCCCCCCCCC. The molecule has 0 aliphatic carbocycles. The quantitative estimate of drug-likeness (QED) is 0.0243. The van der Waals surface area contributed by atoms with E-state index in [1.807, 2.05) is 21.1 Å². The van der Waals surface area contributed by atoms with E-state index in [2.05, 4.69) is 43.5 Å². The third-order valence-electron chi connectivity index (χ3n) is 14.7. The predicted octanol–water partition coefficient (Wildman–Crippen LogP) is 19.5. The molecule has 0 fully saturated rings. The van der Waals surface area contributed by atoms with Crippen molar-refractivity contribution in [3.63, 3.8) is 0 Å². The Bertz CT molecular complexity index is 1220. The van der Waals surface area contributed by atoms with E-state index in [-0.39, 0.29) is 19.1 Å². The van der Waals surface area contributed by atoms with Crippen molar-refractivity contribution >= 4 is 13.7 Å². The summed E-state index contributed by atoms with van der Waals surface area (Å²) in [5.74, 6) is -0.139. The highest BCUT2D eigenvalue weighted by Crippen LogP contribution is 2.43. The molecule has 8 nitrogen and oxygen atoms in total. The van der Waals surface area contributed by atoms with Crippen LogP contribution in [0.5, 0.6) is 0 Å². The first-order valence-electron chi connectivity index (χ1n) is 31.7. The number of rotatable bonds is 59. The van der Waals surface area contributed by atoms with Crippen molar-refractivity contribution in [2.24, 2.45) is 0 Å². The highest BCUT2D eigenvalue weighted by atomic mass is 31.2. The van der Waals surface area contributed by atoms with Crippen molar-refractivity contribution in [2.75, 3.05) is 40.9 Å². The first-order chi connectivity index (χ1) is 35.0. The molecule has 0 aliphatic heterocycles. The van der Waals surface area contributed by atoms with Gasteiger partial charge in [-0.2, -0.15) is 0 Å². The lowest BCUT2D eigenvalue weighted by Gasteiger charge is -2.26. The van der Waals surface area contributed by atoms with Gasteiger partial charge in [-0.05, 0) is 44.9 Å². The van der Waals surface area contributed by atoms with Crippen LogP contribution < -0.4 is 5.32 Å². The van der Waals surface area contributed by atoms with Crippen LogP contribution in [0.1, 0.15) is 322 Å². The highest BCUT2D eigenvalue weighted by Gasteiger charge is 2.28. The molecule has 1 amide bonds. The lowest BCUT2D eigenvalue weighted by molar-refractivity contribution is -0.870. The Hall–Kier alpha value is -1.02. The molecule has 3 unspecified atom stereocenters. The molecule has 0 rings (SSSR count). The van der Waals surface area contributed by atoms with Gasteiger partial charge in [0.15, 0.2) is 0 Å². The maximum Gasteiger partial charge on any atom is 0.472 e. The first kappa shape index (κ1) is 71.0. The van der Waals surface area contributed by atoms with E-state index >= 15 is 0 Å². The number of phosphoric acid groups is 1. The van der Waals surface area contributed by atoms with Crippen LogP contribution in [0.25, 0.3) is 0 Å². The fraction of sp³-hybridized carbons (Fsp3) is 0.921. The summed E-state index contributed by atoms with van der Waals surface area (Å²) in [5, 5.41) is 14.1. The highest BCUT2D eigenvalue weighted by molar-refractivity contribution is 7.47. The van der Waals surface area contributed by atoms with E-state index in [0.717, 1.165) is 44.9 Å². The van der Waals surface area contributed by atoms with Gasteiger partial charge >= 0.3 is 7.82 Å². The van der Waals surface area contributed by atoms with Crippen molar-refractivity contribution in [3.8, 4) is 0 Å². The topological polar surface area (TPSA) is 105 Å². The van der Waals surface area contributed by atoms with Crippen LogP contribution in [0, 0.1) is 0 Å².